The van der Waals surface area contributed by atoms with E-state index in [2.05, 4.69) is 0 Å². The molecule has 0 unspecified atom stereocenters. The van der Waals surface area contributed by atoms with Crippen molar-refractivity contribution in [2.24, 2.45) is 0 Å². The molecule has 0 atom stereocenters. The van der Waals surface area contributed by atoms with Crippen molar-refractivity contribution < 1.29 is 79.2 Å². The van der Waals surface area contributed by atoms with E-state index in [0.29, 0.717) is 0 Å². The maximum Gasteiger partial charge on any atom is 0.300 e. The number of rotatable bonds is 0. The molecule has 0 spiro atoms. The van der Waals surface area contributed by atoms with Crippen molar-refractivity contribution in [3.05, 3.63) is 0 Å². The minimum absolute atomic E-state index is 0. The molecule has 17 heteroatoms. The number of carboxylic acids is 8. The lowest BCUT2D eigenvalue weighted by Crippen LogP contribution is -1.78. The Morgan fingerprint density at radius 3 is 0.273 bits per heavy atom. The second-order valence-corrected chi connectivity index (χ2v) is 4.15. The molecule has 0 aliphatic heterocycles. The second kappa shape index (κ2) is 51.1. The lowest BCUT2D eigenvalue weighted by atomic mass is 10.9. The molecular formula is C16H34O16S. The van der Waals surface area contributed by atoms with Crippen molar-refractivity contribution in [1.29, 1.82) is 0 Å². The third-order valence-corrected chi connectivity index (χ3v) is 0. The quantitative estimate of drug-likeness (QED) is 0.222. The van der Waals surface area contributed by atoms with Gasteiger partial charge in [0, 0.05) is 55.4 Å². The van der Waals surface area contributed by atoms with E-state index >= 15 is 0 Å². The topological polar surface area (TPSA) is 298 Å². The van der Waals surface area contributed by atoms with Crippen LogP contribution in [0.5, 0.6) is 0 Å². The maximum atomic E-state index is 9.00. The highest BCUT2D eigenvalue weighted by molar-refractivity contribution is 7.59. The van der Waals surface area contributed by atoms with Crippen molar-refractivity contribution in [1.82, 2.24) is 0 Å². The van der Waals surface area contributed by atoms with Gasteiger partial charge in [-0.05, 0) is 0 Å². The van der Waals surface area contributed by atoms with E-state index in [9.17, 15) is 0 Å². The first-order valence-corrected chi connectivity index (χ1v) is 7.42. The second-order valence-electron chi connectivity index (χ2n) is 4.15. The predicted molar refractivity (Wildman–Crippen MR) is 117 cm³/mol. The molecule has 0 fully saturated rings. The van der Waals surface area contributed by atoms with Crippen LogP contribution in [0.1, 0.15) is 55.4 Å². The highest BCUT2D eigenvalue weighted by Crippen LogP contribution is 1.44. The fourth-order valence-electron chi connectivity index (χ4n) is 0. The number of carboxylic acid groups (broad SMARTS) is 8. The van der Waals surface area contributed by atoms with Gasteiger partial charge in [0.25, 0.3) is 47.8 Å². The molecule has 0 bridgehead atoms. The molecule has 200 valence electrons. The fraction of sp³-hybridized carbons (Fsp3) is 0.500. The van der Waals surface area contributed by atoms with Gasteiger partial charge in [-0.15, -0.1) is 0 Å². The summed E-state index contributed by atoms with van der Waals surface area (Å²) in [5.74, 6) is -6.67. The van der Waals surface area contributed by atoms with Gasteiger partial charge < -0.3 is 40.9 Å². The van der Waals surface area contributed by atoms with Crippen molar-refractivity contribution in [3.8, 4) is 0 Å². The molecule has 0 aromatic rings. The van der Waals surface area contributed by atoms with Crippen LogP contribution >= 0.6 is 13.5 Å². The summed E-state index contributed by atoms with van der Waals surface area (Å²) >= 11 is 0. The Morgan fingerprint density at radius 2 is 0.273 bits per heavy atom. The largest absolute Gasteiger partial charge is 0.481 e. The average molecular weight is 514 g/mol. The van der Waals surface area contributed by atoms with E-state index in [1.54, 1.807) is 0 Å². The molecule has 33 heavy (non-hydrogen) atoms. The minimum Gasteiger partial charge on any atom is -0.481 e. The predicted octanol–water partition coefficient (Wildman–Crippen LogP) is 0.840. The smallest absolute Gasteiger partial charge is 0.300 e. The Bertz CT molecular complexity index is 367. The first kappa shape index (κ1) is 56.9. The summed E-state index contributed by atoms with van der Waals surface area (Å²) < 4.78 is 0. The van der Waals surface area contributed by atoms with Gasteiger partial charge in [0.1, 0.15) is 0 Å². The molecule has 0 radical (unpaired) electrons. The van der Waals surface area contributed by atoms with Crippen LogP contribution in [-0.2, 0) is 38.4 Å². The minimum atomic E-state index is -0.833. The van der Waals surface area contributed by atoms with Crippen molar-refractivity contribution in [2.45, 2.75) is 55.4 Å². The van der Waals surface area contributed by atoms with Crippen LogP contribution in [0.4, 0.5) is 0 Å². The van der Waals surface area contributed by atoms with Crippen LogP contribution in [-0.4, -0.2) is 88.6 Å². The lowest BCUT2D eigenvalue weighted by Gasteiger charge is -1.59. The summed E-state index contributed by atoms with van der Waals surface area (Å²) in [7, 11) is 0. The molecule has 0 amide bonds. The zero-order chi connectivity index (χ0) is 28.6. The number of hydrogen-bond donors (Lipinski definition) is 8. The van der Waals surface area contributed by atoms with E-state index < -0.39 is 47.8 Å². The van der Waals surface area contributed by atoms with Crippen LogP contribution in [0.3, 0.4) is 0 Å². The Morgan fingerprint density at radius 1 is 0.273 bits per heavy atom. The zero-order valence-electron chi connectivity index (χ0n) is 19.3. The Balaban J connectivity index is -0.0000000284. The van der Waals surface area contributed by atoms with Gasteiger partial charge in [-0.2, -0.15) is 13.5 Å². The zero-order valence-corrected chi connectivity index (χ0v) is 20.3. The third-order valence-electron chi connectivity index (χ3n) is 0. The highest BCUT2D eigenvalue weighted by atomic mass is 32.1. The summed E-state index contributed by atoms with van der Waals surface area (Å²) in [6.07, 6.45) is 0. The monoisotopic (exact) mass is 514 g/mol. The molecule has 0 saturated carbocycles. The molecule has 0 saturated heterocycles. The SMILES string of the molecule is CC(=O)O.CC(=O)O.CC(=O)O.CC(=O)O.CC(=O)O.CC(=O)O.CC(=O)O.CC(=O)O.S. The molecule has 8 N–H and O–H groups in total. The van der Waals surface area contributed by atoms with Crippen LogP contribution in [0.2, 0.25) is 0 Å². The molecule has 0 aromatic heterocycles. The first-order valence-electron chi connectivity index (χ1n) is 7.42. The van der Waals surface area contributed by atoms with E-state index in [0.717, 1.165) is 55.4 Å². The van der Waals surface area contributed by atoms with E-state index in [1.807, 2.05) is 0 Å². The Hall–Kier alpha value is -3.89. The standard InChI is InChI=1S/8C2H4O2.H2S/c8*1-2(3)4;/h8*1H3,(H,3,4);1H2. The number of hydrogen-bond acceptors (Lipinski definition) is 8. The van der Waals surface area contributed by atoms with Gasteiger partial charge in [-0.1, -0.05) is 0 Å². The highest BCUT2D eigenvalue weighted by Gasteiger charge is 1.68. The van der Waals surface area contributed by atoms with E-state index in [-0.39, 0.29) is 13.5 Å². The maximum absolute atomic E-state index is 9.00. The van der Waals surface area contributed by atoms with Crippen LogP contribution in [0.25, 0.3) is 0 Å². The average Bonchev–Trinajstić information content (AvgIpc) is 2.30. The summed E-state index contributed by atoms with van der Waals surface area (Å²) in [5, 5.41) is 59.3. The summed E-state index contributed by atoms with van der Waals surface area (Å²) in [6.45, 7) is 8.67. The Kier molecular flexibility index (Phi) is 88.0. The van der Waals surface area contributed by atoms with Crippen molar-refractivity contribution >= 4 is 61.3 Å². The van der Waals surface area contributed by atoms with Gasteiger partial charge in [0.05, 0.1) is 0 Å². The number of aliphatic carboxylic acids is 8. The summed E-state index contributed by atoms with van der Waals surface area (Å²) in [5.41, 5.74) is 0. The molecule has 16 nitrogen and oxygen atoms in total. The molecule has 0 aromatic carbocycles. The van der Waals surface area contributed by atoms with Crippen molar-refractivity contribution in [3.63, 3.8) is 0 Å². The third kappa shape index (κ3) is 1270. The Labute approximate surface area is 196 Å². The molecular weight excluding hydrogens is 480 g/mol. The van der Waals surface area contributed by atoms with Gasteiger partial charge in [-0.3, -0.25) is 38.4 Å². The molecule has 0 heterocycles. The van der Waals surface area contributed by atoms with E-state index in [1.165, 1.54) is 0 Å². The first-order chi connectivity index (χ1) is 13.9. The van der Waals surface area contributed by atoms with Crippen LogP contribution < -0.4 is 0 Å². The number of carbonyl (C=O) groups is 8. The van der Waals surface area contributed by atoms with Gasteiger partial charge in [0.2, 0.25) is 0 Å². The fourth-order valence-corrected chi connectivity index (χ4v) is 0. The van der Waals surface area contributed by atoms with Gasteiger partial charge in [-0.25, -0.2) is 0 Å². The normalized spacial score (nSPS) is 6.06. The lowest BCUT2D eigenvalue weighted by molar-refractivity contribution is -0.135. The summed E-state index contributed by atoms with van der Waals surface area (Å²) in [4.78, 5) is 72.0. The summed E-state index contributed by atoms with van der Waals surface area (Å²) in [6, 6.07) is 0. The van der Waals surface area contributed by atoms with Crippen LogP contribution in [0.15, 0.2) is 0 Å². The van der Waals surface area contributed by atoms with Crippen LogP contribution in [0, 0.1) is 0 Å². The van der Waals surface area contributed by atoms with Crippen molar-refractivity contribution in [2.75, 3.05) is 0 Å². The van der Waals surface area contributed by atoms with Gasteiger partial charge in [0.15, 0.2) is 0 Å². The molecule has 0 aliphatic rings. The molecule has 0 aliphatic carbocycles. The molecule has 0 rings (SSSR count). The van der Waals surface area contributed by atoms with Gasteiger partial charge >= 0.3 is 0 Å². The van der Waals surface area contributed by atoms with E-state index in [4.69, 9.17) is 79.2 Å².